The second kappa shape index (κ2) is 7.61. The average Bonchev–Trinajstić information content (AvgIpc) is 3.24. The Morgan fingerprint density at radius 3 is 2.69 bits per heavy atom. The maximum absolute atomic E-state index is 14.0. The standard InChI is InChI=1S/C23H22FN3OS/c24-19-4-5-21(18-8-14-29-23(18)19)27-12-10-26(11-13-27)9-7-16-1-2-17-3-6-22(28)25-20(17)15-16/h1-6,8,14-15H,7,9-13H2,(H,25,28). The van der Waals surface area contributed by atoms with Crippen molar-refractivity contribution in [1.29, 1.82) is 0 Å². The van der Waals surface area contributed by atoms with E-state index in [1.165, 1.54) is 16.9 Å². The van der Waals surface area contributed by atoms with Crippen molar-refractivity contribution in [3.63, 3.8) is 0 Å². The zero-order valence-corrected chi connectivity index (χ0v) is 16.8. The topological polar surface area (TPSA) is 39.3 Å². The SMILES string of the molecule is O=c1ccc2ccc(CCN3CCN(c4ccc(F)c5sccc45)CC3)cc2[nH]1. The molecule has 2 aromatic heterocycles. The van der Waals surface area contributed by atoms with Crippen LogP contribution in [0, 0.1) is 5.82 Å². The molecule has 2 aromatic carbocycles. The first-order valence-electron chi connectivity index (χ1n) is 9.92. The molecule has 0 unspecified atom stereocenters. The highest BCUT2D eigenvalue weighted by molar-refractivity contribution is 7.17. The second-order valence-corrected chi connectivity index (χ2v) is 8.47. The lowest BCUT2D eigenvalue weighted by Gasteiger charge is -2.36. The van der Waals surface area contributed by atoms with Crippen molar-refractivity contribution in [3.05, 3.63) is 75.6 Å². The van der Waals surface area contributed by atoms with Crippen LogP contribution in [-0.2, 0) is 6.42 Å². The molecule has 4 nitrogen and oxygen atoms in total. The van der Waals surface area contributed by atoms with Crippen molar-refractivity contribution < 1.29 is 4.39 Å². The van der Waals surface area contributed by atoms with E-state index in [-0.39, 0.29) is 11.4 Å². The van der Waals surface area contributed by atoms with E-state index in [1.54, 1.807) is 12.1 Å². The van der Waals surface area contributed by atoms with Gasteiger partial charge in [-0.15, -0.1) is 11.3 Å². The highest BCUT2D eigenvalue weighted by Gasteiger charge is 2.19. The Morgan fingerprint density at radius 1 is 1.00 bits per heavy atom. The summed E-state index contributed by atoms with van der Waals surface area (Å²) < 4.78 is 14.7. The van der Waals surface area contributed by atoms with Crippen LogP contribution < -0.4 is 10.5 Å². The van der Waals surface area contributed by atoms with Gasteiger partial charge in [-0.05, 0) is 53.1 Å². The van der Waals surface area contributed by atoms with Gasteiger partial charge in [0.2, 0.25) is 5.56 Å². The molecule has 1 aliphatic heterocycles. The first-order valence-corrected chi connectivity index (χ1v) is 10.8. The molecule has 0 bridgehead atoms. The number of pyridine rings is 1. The van der Waals surface area contributed by atoms with Gasteiger partial charge in [-0.3, -0.25) is 9.69 Å². The number of nitrogens with zero attached hydrogens (tertiary/aromatic N) is 2. The number of aromatic nitrogens is 1. The summed E-state index contributed by atoms with van der Waals surface area (Å²) in [6.07, 6.45) is 0.957. The lowest BCUT2D eigenvalue weighted by molar-refractivity contribution is 0.261. The van der Waals surface area contributed by atoms with Crippen LogP contribution in [0.1, 0.15) is 5.56 Å². The number of hydrogen-bond acceptors (Lipinski definition) is 4. The minimum atomic E-state index is -0.130. The van der Waals surface area contributed by atoms with Crippen molar-refractivity contribution in [3.8, 4) is 0 Å². The zero-order chi connectivity index (χ0) is 19.8. The largest absolute Gasteiger partial charge is 0.368 e. The number of aromatic amines is 1. The van der Waals surface area contributed by atoms with E-state index in [0.717, 1.165) is 65.8 Å². The molecule has 29 heavy (non-hydrogen) atoms. The normalized spacial score (nSPS) is 15.4. The Labute approximate surface area is 172 Å². The number of fused-ring (bicyclic) bond motifs is 2. The number of rotatable bonds is 4. The minimum Gasteiger partial charge on any atom is -0.368 e. The average molecular weight is 408 g/mol. The first-order chi connectivity index (χ1) is 14.2. The van der Waals surface area contributed by atoms with E-state index in [0.29, 0.717) is 0 Å². The van der Waals surface area contributed by atoms with Gasteiger partial charge >= 0.3 is 0 Å². The highest BCUT2D eigenvalue weighted by Crippen LogP contribution is 2.33. The monoisotopic (exact) mass is 407 g/mol. The summed E-state index contributed by atoms with van der Waals surface area (Å²) in [6, 6.07) is 15.2. The molecule has 0 saturated carbocycles. The van der Waals surface area contributed by atoms with Gasteiger partial charge in [0.15, 0.2) is 0 Å². The number of piperazine rings is 1. The fourth-order valence-electron chi connectivity index (χ4n) is 4.14. The molecule has 1 fully saturated rings. The molecule has 3 heterocycles. The lowest BCUT2D eigenvalue weighted by atomic mass is 10.1. The molecule has 0 amide bonds. The van der Waals surface area contributed by atoms with Crippen LogP contribution in [0.3, 0.4) is 0 Å². The quantitative estimate of drug-likeness (QED) is 0.550. The van der Waals surface area contributed by atoms with E-state index in [1.807, 2.05) is 23.6 Å². The number of halogens is 1. The predicted molar refractivity (Wildman–Crippen MR) is 119 cm³/mol. The number of H-pyrrole nitrogens is 1. The van der Waals surface area contributed by atoms with Gasteiger partial charge in [-0.25, -0.2) is 4.39 Å². The summed E-state index contributed by atoms with van der Waals surface area (Å²) in [5.74, 6) is -0.130. The van der Waals surface area contributed by atoms with E-state index in [4.69, 9.17) is 0 Å². The molecule has 0 radical (unpaired) electrons. The Morgan fingerprint density at radius 2 is 1.83 bits per heavy atom. The van der Waals surface area contributed by atoms with Gasteiger partial charge in [-0.2, -0.15) is 0 Å². The molecule has 1 N–H and O–H groups in total. The Bertz CT molecular complexity index is 1220. The fourth-order valence-corrected chi connectivity index (χ4v) is 4.96. The second-order valence-electron chi connectivity index (χ2n) is 7.55. The first kappa shape index (κ1) is 18.3. The van der Waals surface area contributed by atoms with E-state index < -0.39 is 0 Å². The van der Waals surface area contributed by atoms with Crippen LogP contribution in [0.2, 0.25) is 0 Å². The molecular formula is C23H22FN3OS. The molecular weight excluding hydrogens is 385 g/mol. The zero-order valence-electron chi connectivity index (χ0n) is 16.0. The van der Waals surface area contributed by atoms with Gasteiger partial charge in [-0.1, -0.05) is 12.1 Å². The van der Waals surface area contributed by atoms with E-state index in [9.17, 15) is 9.18 Å². The highest BCUT2D eigenvalue weighted by atomic mass is 32.1. The van der Waals surface area contributed by atoms with Crippen molar-refractivity contribution in [2.45, 2.75) is 6.42 Å². The molecule has 6 heteroatoms. The van der Waals surface area contributed by atoms with Crippen molar-refractivity contribution in [2.75, 3.05) is 37.6 Å². The molecule has 5 rings (SSSR count). The van der Waals surface area contributed by atoms with Gasteiger partial charge in [0, 0.05) is 55.4 Å². The number of anilines is 1. The van der Waals surface area contributed by atoms with Crippen molar-refractivity contribution in [2.24, 2.45) is 0 Å². The lowest BCUT2D eigenvalue weighted by Crippen LogP contribution is -2.47. The third-order valence-electron chi connectivity index (χ3n) is 5.77. The molecule has 1 saturated heterocycles. The molecule has 0 spiro atoms. The maximum Gasteiger partial charge on any atom is 0.248 e. The summed E-state index contributed by atoms with van der Waals surface area (Å²) in [6.45, 7) is 4.87. The molecule has 0 aliphatic carbocycles. The van der Waals surface area contributed by atoms with Crippen LogP contribution in [0.25, 0.3) is 21.0 Å². The summed E-state index contributed by atoms with van der Waals surface area (Å²) in [7, 11) is 0. The van der Waals surface area contributed by atoms with Crippen LogP contribution in [-0.4, -0.2) is 42.6 Å². The summed E-state index contributed by atoms with van der Waals surface area (Å²) in [4.78, 5) is 19.3. The number of benzene rings is 2. The minimum absolute atomic E-state index is 0.0636. The van der Waals surface area contributed by atoms with Gasteiger partial charge in [0.25, 0.3) is 0 Å². The van der Waals surface area contributed by atoms with Crippen LogP contribution in [0.4, 0.5) is 10.1 Å². The Hall–Kier alpha value is -2.70. The van der Waals surface area contributed by atoms with Crippen molar-refractivity contribution in [1.82, 2.24) is 9.88 Å². The van der Waals surface area contributed by atoms with Crippen molar-refractivity contribution >= 4 is 38.0 Å². The molecule has 148 valence electrons. The number of thiophene rings is 1. The van der Waals surface area contributed by atoms with Gasteiger partial charge in [0.05, 0.1) is 4.70 Å². The summed E-state index contributed by atoms with van der Waals surface area (Å²) >= 11 is 1.47. The molecule has 1 aliphatic rings. The van der Waals surface area contributed by atoms with E-state index >= 15 is 0 Å². The summed E-state index contributed by atoms with van der Waals surface area (Å²) in [5.41, 5.74) is 3.21. The van der Waals surface area contributed by atoms with E-state index in [2.05, 4.69) is 33.0 Å². The Balaban J connectivity index is 1.23. The predicted octanol–water partition coefficient (Wildman–Crippen LogP) is 4.25. The third kappa shape index (κ3) is 3.66. The van der Waals surface area contributed by atoms with Gasteiger partial charge in [0.1, 0.15) is 5.82 Å². The smallest absolute Gasteiger partial charge is 0.248 e. The van der Waals surface area contributed by atoms with Crippen LogP contribution in [0.15, 0.2) is 58.7 Å². The number of hydrogen-bond donors (Lipinski definition) is 1. The molecule has 4 aromatic rings. The van der Waals surface area contributed by atoms with Crippen LogP contribution >= 0.6 is 11.3 Å². The third-order valence-corrected chi connectivity index (χ3v) is 6.69. The molecule has 0 atom stereocenters. The fraction of sp³-hybridized carbons (Fsp3) is 0.261. The summed E-state index contributed by atoms with van der Waals surface area (Å²) in [5, 5.41) is 4.04. The van der Waals surface area contributed by atoms with Crippen LogP contribution in [0.5, 0.6) is 0 Å². The Kier molecular flexibility index (Phi) is 4.81. The number of nitrogens with one attached hydrogen (secondary N) is 1. The van der Waals surface area contributed by atoms with Gasteiger partial charge < -0.3 is 9.88 Å². The maximum atomic E-state index is 14.0.